The summed E-state index contributed by atoms with van der Waals surface area (Å²) >= 11 is 12.2. The van der Waals surface area contributed by atoms with Gasteiger partial charge in [0.1, 0.15) is 0 Å². The first kappa shape index (κ1) is 13.0. The van der Waals surface area contributed by atoms with Crippen LogP contribution in [0, 0.1) is 22.2 Å². The van der Waals surface area contributed by atoms with Gasteiger partial charge in [-0.2, -0.15) is 0 Å². The fraction of sp³-hybridized carbons (Fsp3) is 0.562. The molecular weight excluding hydrogens is 293 g/mol. The van der Waals surface area contributed by atoms with E-state index in [1.807, 2.05) is 12.1 Å². The standard InChI is InChI=1S/C16H17Cl2NO/c1-14-8-16(11(14)6-7-15(14,16)2)13(20)19-10-5-3-4-9(17)12(10)18/h3-5,11H,6-8H2,1-2H3,(H,19,20)/t11-,14+,15+,16-/m1/s1. The number of hydrogen-bond donors (Lipinski definition) is 1. The molecule has 2 nitrogen and oxygen atoms in total. The second-order valence-electron chi connectivity index (χ2n) is 7.04. The Kier molecular flexibility index (Phi) is 2.29. The van der Waals surface area contributed by atoms with Crippen LogP contribution in [0.15, 0.2) is 18.2 Å². The van der Waals surface area contributed by atoms with Crippen molar-refractivity contribution in [2.24, 2.45) is 22.2 Å². The summed E-state index contributed by atoms with van der Waals surface area (Å²) in [6.45, 7) is 4.62. The molecule has 5 fully saturated rings. The summed E-state index contributed by atoms with van der Waals surface area (Å²) in [5, 5.41) is 3.92. The molecule has 0 aliphatic heterocycles. The second kappa shape index (κ2) is 3.53. The van der Waals surface area contributed by atoms with E-state index in [0.717, 1.165) is 6.42 Å². The van der Waals surface area contributed by atoms with Crippen molar-refractivity contribution < 1.29 is 4.79 Å². The lowest BCUT2D eigenvalue weighted by atomic mass is 9.21. The normalized spacial score (nSPS) is 43.7. The Labute approximate surface area is 128 Å². The summed E-state index contributed by atoms with van der Waals surface area (Å²) in [6.07, 6.45) is 3.37. The number of carbonyl (C=O) groups excluding carboxylic acids is 1. The highest BCUT2D eigenvalue weighted by Crippen LogP contribution is 2.93. The molecule has 6 rings (SSSR count). The van der Waals surface area contributed by atoms with Gasteiger partial charge >= 0.3 is 0 Å². The van der Waals surface area contributed by atoms with Crippen molar-refractivity contribution in [2.45, 2.75) is 33.1 Å². The Balaban J connectivity index is 1.63. The Morgan fingerprint density at radius 1 is 1.35 bits per heavy atom. The van der Waals surface area contributed by atoms with Gasteiger partial charge in [-0.25, -0.2) is 0 Å². The maximum atomic E-state index is 12.8. The zero-order chi connectivity index (χ0) is 14.3. The average molecular weight is 310 g/mol. The second-order valence-corrected chi connectivity index (χ2v) is 7.83. The predicted octanol–water partition coefficient (Wildman–Crippen LogP) is 4.76. The van der Waals surface area contributed by atoms with E-state index in [2.05, 4.69) is 19.2 Å². The van der Waals surface area contributed by atoms with Gasteiger partial charge in [-0.1, -0.05) is 43.1 Å². The van der Waals surface area contributed by atoms with Gasteiger partial charge in [0.25, 0.3) is 0 Å². The fourth-order valence-corrected chi connectivity index (χ4v) is 5.90. The predicted molar refractivity (Wildman–Crippen MR) is 81.1 cm³/mol. The number of rotatable bonds is 2. The van der Waals surface area contributed by atoms with E-state index in [9.17, 15) is 4.79 Å². The van der Waals surface area contributed by atoms with Crippen molar-refractivity contribution >= 4 is 34.8 Å². The van der Waals surface area contributed by atoms with Crippen molar-refractivity contribution in [2.75, 3.05) is 5.32 Å². The molecule has 5 saturated carbocycles. The van der Waals surface area contributed by atoms with E-state index in [0.29, 0.717) is 27.1 Å². The van der Waals surface area contributed by atoms with Crippen LogP contribution >= 0.6 is 23.2 Å². The summed E-state index contributed by atoms with van der Waals surface area (Å²) < 4.78 is 0. The van der Waals surface area contributed by atoms with Crippen molar-refractivity contribution in [1.82, 2.24) is 0 Å². The molecule has 1 aromatic rings. The van der Waals surface area contributed by atoms with E-state index in [1.54, 1.807) is 6.07 Å². The van der Waals surface area contributed by atoms with Crippen LogP contribution < -0.4 is 5.32 Å². The lowest BCUT2D eigenvalue weighted by molar-refractivity contribution is -0.326. The van der Waals surface area contributed by atoms with Gasteiger partial charge in [0.15, 0.2) is 0 Å². The highest BCUT2D eigenvalue weighted by molar-refractivity contribution is 6.44. The Morgan fingerprint density at radius 2 is 2.10 bits per heavy atom. The average Bonchev–Trinajstić information content (AvgIpc) is 2.78. The van der Waals surface area contributed by atoms with Gasteiger partial charge in [0.2, 0.25) is 5.91 Å². The zero-order valence-electron chi connectivity index (χ0n) is 11.6. The van der Waals surface area contributed by atoms with E-state index in [1.165, 1.54) is 12.8 Å². The van der Waals surface area contributed by atoms with Gasteiger partial charge in [0.05, 0.1) is 21.1 Å². The van der Waals surface area contributed by atoms with Crippen molar-refractivity contribution in [3.05, 3.63) is 28.2 Å². The Bertz CT molecular complexity index is 645. The van der Waals surface area contributed by atoms with E-state index in [-0.39, 0.29) is 16.7 Å². The van der Waals surface area contributed by atoms with E-state index in [4.69, 9.17) is 23.2 Å². The molecule has 0 saturated heterocycles. The lowest BCUT2D eigenvalue weighted by Crippen LogP contribution is -2.81. The first-order valence-corrected chi connectivity index (χ1v) is 7.88. The SMILES string of the molecule is C[C@]12CC[C@@H]3[C@]1(C)C[C@]32C(=O)Nc1cccc(Cl)c1Cl. The van der Waals surface area contributed by atoms with E-state index >= 15 is 0 Å². The minimum absolute atomic E-state index is 0.135. The lowest BCUT2D eigenvalue weighted by Gasteiger charge is -2.81. The summed E-state index contributed by atoms with van der Waals surface area (Å²) in [7, 11) is 0. The highest BCUT2D eigenvalue weighted by Gasteiger charge is 2.91. The molecule has 4 bridgehead atoms. The molecular formula is C16H17Cl2NO. The number of fused-ring (bicyclic) bond motifs is 1. The van der Waals surface area contributed by atoms with Crippen molar-refractivity contribution in [3.63, 3.8) is 0 Å². The minimum Gasteiger partial charge on any atom is -0.324 e. The van der Waals surface area contributed by atoms with Crippen molar-refractivity contribution in [1.29, 1.82) is 0 Å². The largest absolute Gasteiger partial charge is 0.324 e. The van der Waals surface area contributed by atoms with Crippen molar-refractivity contribution in [3.8, 4) is 0 Å². The number of carbonyl (C=O) groups is 1. The smallest absolute Gasteiger partial charge is 0.231 e. The highest BCUT2D eigenvalue weighted by atomic mass is 35.5. The molecule has 0 spiro atoms. The molecule has 20 heavy (non-hydrogen) atoms. The third-order valence-corrected chi connectivity index (χ3v) is 7.61. The van der Waals surface area contributed by atoms with Crippen LogP contribution in [0.4, 0.5) is 5.69 Å². The molecule has 1 N–H and O–H groups in total. The summed E-state index contributed by atoms with van der Waals surface area (Å²) in [5.74, 6) is 0.688. The minimum atomic E-state index is -0.159. The molecule has 1 amide bonds. The number of benzene rings is 1. The van der Waals surface area contributed by atoms with Crippen LogP contribution in [-0.2, 0) is 4.79 Å². The van der Waals surface area contributed by atoms with Crippen LogP contribution in [0.3, 0.4) is 0 Å². The molecule has 1 aromatic carbocycles. The van der Waals surface area contributed by atoms with Gasteiger partial charge in [0, 0.05) is 0 Å². The summed E-state index contributed by atoms with van der Waals surface area (Å²) in [6, 6.07) is 5.35. The first-order valence-electron chi connectivity index (χ1n) is 7.12. The van der Waals surface area contributed by atoms with Gasteiger partial charge < -0.3 is 5.32 Å². The number of amides is 1. The Morgan fingerprint density at radius 3 is 2.70 bits per heavy atom. The molecule has 0 radical (unpaired) electrons. The summed E-state index contributed by atoms with van der Waals surface area (Å²) in [5.41, 5.74) is 1.04. The van der Waals surface area contributed by atoms with E-state index < -0.39 is 0 Å². The van der Waals surface area contributed by atoms with Crippen LogP contribution in [0.1, 0.15) is 33.1 Å². The Hall–Kier alpha value is -0.730. The maximum absolute atomic E-state index is 12.8. The summed E-state index contributed by atoms with van der Waals surface area (Å²) in [4.78, 5) is 12.8. The number of anilines is 1. The first-order chi connectivity index (χ1) is 9.37. The third kappa shape index (κ3) is 1.07. The van der Waals surface area contributed by atoms with Crippen LogP contribution in [-0.4, -0.2) is 5.91 Å². The van der Waals surface area contributed by atoms with Crippen LogP contribution in [0.2, 0.25) is 10.0 Å². The van der Waals surface area contributed by atoms with Crippen LogP contribution in [0.25, 0.3) is 0 Å². The van der Waals surface area contributed by atoms with Gasteiger partial charge in [-0.05, 0) is 48.1 Å². The fourth-order valence-electron chi connectivity index (χ4n) is 5.55. The maximum Gasteiger partial charge on any atom is 0.231 e. The van der Waals surface area contributed by atoms with Gasteiger partial charge in [-0.15, -0.1) is 0 Å². The molecule has 4 atom stereocenters. The third-order valence-electron chi connectivity index (χ3n) is 6.79. The topological polar surface area (TPSA) is 29.1 Å². The van der Waals surface area contributed by atoms with Crippen LogP contribution in [0.5, 0.6) is 0 Å². The molecule has 5 aliphatic carbocycles. The number of nitrogens with one attached hydrogen (secondary N) is 1. The van der Waals surface area contributed by atoms with Gasteiger partial charge in [-0.3, -0.25) is 4.79 Å². The molecule has 0 aromatic heterocycles. The molecule has 4 heteroatoms. The molecule has 0 heterocycles. The monoisotopic (exact) mass is 309 g/mol. The molecule has 106 valence electrons. The molecule has 0 unspecified atom stereocenters. The number of halogens is 2. The number of hydrogen-bond acceptors (Lipinski definition) is 1. The quantitative estimate of drug-likeness (QED) is 0.838. The molecule has 5 aliphatic rings. The zero-order valence-corrected chi connectivity index (χ0v) is 13.1.